The van der Waals surface area contributed by atoms with Crippen molar-refractivity contribution in [3.05, 3.63) is 17.5 Å². The van der Waals surface area contributed by atoms with E-state index in [0.717, 1.165) is 24.2 Å². The number of nitrogens with two attached hydrogens (primary N) is 1. The molecule has 0 fully saturated rings. The molecule has 0 bridgehead atoms. The topological polar surface area (TPSA) is 43.8 Å². The van der Waals surface area contributed by atoms with Crippen molar-refractivity contribution in [2.45, 2.75) is 39.8 Å². The van der Waals surface area contributed by atoms with Gasteiger partial charge in [0.2, 0.25) is 0 Å². The van der Waals surface area contributed by atoms with Crippen molar-refractivity contribution in [1.82, 2.24) is 9.78 Å². The SMILES string of the molecule is CCCn1cc([C@@H](C)N)c(C)n1. The molecule has 3 nitrogen and oxygen atoms in total. The molecule has 0 radical (unpaired) electrons. The predicted octanol–water partition coefficient (Wildman–Crippen LogP) is 1.62. The van der Waals surface area contributed by atoms with Crippen LogP contribution < -0.4 is 5.73 Å². The first-order valence-electron chi connectivity index (χ1n) is 4.44. The first-order valence-corrected chi connectivity index (χ1v) is 4.44. The van der Waals surface area contributed by atoms with E-state index in [-0.39, 0.29) is 6.04 Å². The van der Waals surface area contributed by atoms with Gasteiger partial charge >= 0.3 is 0 Å². The van der Waals surface area contributed by atoms with E-state index in [0.29, 0.717) is 0 Å². The minimum Gasteiger partial charge on any atom is -0.324 e. The second kappa shape index (κ2) is 3.72. The number of aromatic nitrogens is 2. The smallest absolute Gasteiger partial charge is 0.0641 e. The molecule has 68 valence electrons. The van der Waals surface area contributed by atoms with Gasteiger partial charge in [0.15, 0.2) is 0 Å². The van der Waals surface area contributed by atoms with E-state index in [1.54, 1.807) is 0 Å². The third-order valence-electron chi connectivity index (χ3n) is 1.93. The second-order valence-corrected chi connectivity index (χ2v) is 3.22. The molecule has 1 atom stereocenters. The zero-order chi connectivity index (χ0) is 9.14. The van der Waals surface area contributed by atoms with Crippen LogP contribution in [-0.2, 0) is 6.54 Å². The van der Waals surface area contributed by atoms with Crippen molar-refractivity contribution in [2.24, 2.45) is 5.73 Å². The van der Waals surface area contributed by atoms with Gasteiger partial charge in [-0.1, -0.05) is 6.92 Å². The zero-order valence-corrected chi connectivity index (χ0v) is 8.04. The summed E-state index contributed by atoms with van der Waals surface area (Å²) in [6.45, 7) is 7.11. The molecular formula is C9H17N3. The molecule has 1 rings (SSSR count). The molecule has 2 N–H and O–H groups in total. The average Bonchev–Trinajstić information content (AvgIpc) is 2.32. The van der Waals surface area contributed by atoms with Crippen molar-refractivity contribution >= 4 is 0 Å². The summed E-state index contributed by atoms with van der Waals surface area (Å²) in [4.78, 5) is 0. The quantitative estimate of drug-likeness (QED) is 0.743. The maximum Gasteiger partial charge on any atom is 0.0641 e. The molecule has 0 aliphatic heterocycles. The Morgan fingerprint density at radius 2 is 2.33 bits per heavy atom. The van der Waals surface area contributed by atoms with E-state index in [1.807, 2.05) is 24.7 Å². The minimum atomic E-state index is 0.0932. The van der Waals surface area contributed by atoms with Crippen LogP contribution in [0.25, 0.3) is 0 Å². The summed E-state index contributed by atoms with van der Waals surface area (Å²) < 4.78 is 1.97. The van der Waals surface area contributed by atoms with E-state index < -0.39 is 0 Å². The van der Waals surface area contributed by atoms with Crippen LogP contribution >= 0.6 is 0 Å². The van der Waals surface area contributed by atoms with Crippen LogP contribution in [0, 0.1) is 6.92 Å². The fourth-order valence-corrected chi connectivity index (χ4v) is 1.32. The molecule has 0 aliphatic rings. The van der Waals surface area contributed by atoms with Crippen LogP contribution in [-0.4, -0.2) is 9.78 Å². The Balaban J connectivity index is 2.85. The lowest BCUT2D eigenvalue weighted by Gasteiger charge is -2.00. The Bertz CT molecular complexity index is 250. The highest BCUT2D eigenvalue weighted by Crippen LogP contribution is 2.13. The predicted molar refractivity (Wildman–Crippen MR) is 49.9 cm³/mol. The number of aryl methyl sites for hydroxylation is 2. The number of hydrogen-bond acceptors (Lipinski definition) is 2. The number of hydrogen-bond donors (Lipinski definition) is 1. The van der Waals surface area contributed by atoms with Gasteiger partial charge < -0.3 is 5.73 Å². The van der Waals surface area contributed by atoms with E-state index >= 15 is 0 Å². The van der Waals surface area contributed by atoms with Crippen molar-refractivity contribution in [2.75, 3.05) is 0 Å². The van der Waals surface area contributed by atoms with Gasteiger partial charge in [-0.3, -0.25) is 4.68 Å². The molecule has 0 unspecified atom stereocenters. The summed E-state index contributed by atoms with van der Waals surface area (Å²) in [6.07, 6.45) is 3.16. The van der Waals surface area contributed by atoms with Crippen molar-refractivity contribution in [3.63, 3.8) is 0 Å². The Hall–Kier alpha value is -0.830. The fraction of sp³-hybridized carbons (Fsp3) is 0.667. The maximum absolute atomic E-state index is 5.77. The Labute approximate surface area is 73.6 Å². The molecule has 0 amide bonds. The van der Waals surface area contributed by atoms with Gasteiger partial charge in [0, 0.05) is 24.3 Å². The molecule has 3 heteroatoms. The molecule has 0 spiro atoms. The molecule has 0 aromatic carbocycles. The van der Waals surface area contributed by atoms with Gasteiger partial charge in [-0.15, -0.1) is 0 Å². The van der Waals surface area contributed by atoms with Crippen LogP contribution in [0.4, 0.5) is 0 Å². The van der Waals surface area contributed by atoms with Crippen molar-refractivity contribution in [3.8, 4) is 0 Å². The summed E-state index contributed by atoms with van der Waals surface area (Å²) >= 11 is 0. The van der Waals surface area contributed by atoms with Crippen LogP contribution in [0.15, 0.2) is 6.20 Å². The van der Waals surface area contributed by atoms with E-state index in [2.05, 4.69) is 12.0 Å². The van der Waals surface area contributed by atoms with Crippen LogP contribution in [0.3, 0.4) is 0 Å². The lowest BCUT2D eigenvalue weighted by molar-refractivity contribution is 0.597. The molecular weight excluding hydrogens is 150 g/mol. The Kier molecular flexibility index (Phi) is 2.87. The fourth-order valence-electron chi connectivity index (χ4n) is 1.32. The third-order valence-corrected chi connectivity index (χ3v) is 1.93. The normalized spacial score (nSPS) is 13.3. The van der Waals surface area contributed by atoms with Crippen molar-refractivity contribution < 1.29 is 0 Å². The summed E-state index contributed by atoms with van der Waals surface area (Å²) in [5.74, 6) is 0. The highest BCUT2D eigenvalue weighted by Gasteiger charge is 2.07. The first kappa shape index (κ1) is 9.26. The monoisotopic (exact) mass is 167 g/mol. The first-order chi connectivity index (χ1) is 5.65. The molecule has 1 aromatic heterocycles. The van der Waals surface area contributed by atoms with Gasteiger partial charge in [-0.2, -0.15) is 5.10 Å². The largest absolute Gasteiger partial charge is 0.324 e. The van der Waals surface area contributed by atoms with Gasteiger partial charge in [0.1, 0.15) is 0 Å². The second-order valence-electron chi connectivity index (χ2n) is 3.22. The van der Waals surface area contributed by atoms with Crippen LogP contribution in [0.5, 0.6) is 0 Å². The van der Waals surface area contributed by atoms with Crippen LogP contribution in [0.2, 0.25) is 0 Å². The van der Waals surface area contributed by atoms with E-state index in [4.69, 9.17) is 5.73 Å². The van der Waals surface area contributed by atoms with Gasteiger partial charge in [0.05, 0.1) is 5.69 Å². The molecule has 1 aromatic rings. The van der Waals surface area contributed by atoms with E-state index in [1.165, 1.54) is 0 Å². The molecule has 0 saturated heterocycles. The van der Waals surface area contributed by atoms with Gasteiger partial charge in [-0.25, -0.2) is 0 Å². The summed E-state index contributed by atoms with van der Waals surface area (Å²) in [5.41, 5.74) is 7.98. The zero-order valence-electron chi connectivity index (χ0n) is 8.04. The van der Waals surface area contributed by atoms with E-state index in [9.17, 15) is 0 Å². The maximum atomic E-state index is 5.77. The highest BCUT2D eigenvalue weighted by atomic mass is 15.3. The van der Waals surface area contributed by atoms with Gasteiger partial charge in [0.25, 0.3) is 0 Å². The standard InChI is InChI=1S/C9H17N3/c1-4-5-12-6-9(7(2)10)8(3)11-12/h6-7H,4-5,10H2,1-3H3/t7-/m1/s1. The lowest BCUT2D eigenvalue weighted by atomic mass is 10.1. The molecule has 0 aliphatic carbocycles. The summed E-state index contributed by atoms with van der Waals surface area (Å²) in [7, 11) is 0. The number of rotatable bonds is 3. The van der Waals surface area contributed by atoms with Gasteiger partial charge in [-0.05, 0) is 20.3 Å². The Morgan fingerprint density at radius 1 is 1.67 bits per heavy atom. The third kappa shape index (κ3) is 1.85. The molecule has 1 heterocycles. The van der Waals surface area contributed by atoms with Crippen molar-refractivity contribution in [1.29, 1.82) is 0 Å². The molecule has 12 heavy (non-hydrogen) atoms. The highest BCUT2D eigenvalue weighted by molar-refractivity contribution is 5.18. The average molecular weight is 167 g/mol. The molecule has 0 saturated carbocycles. The van der Waals surface area contributed by atoms with Crippen LogP contribution in [0.1, 0.15) is 37.6 Å². The summed E-state index contributed by atoms with van der Waals surface area (Å²) in [6, 6.07) is 0.0932. The summed E-state index contributed by atoms with van der Waals surface area (Å²) in [5, 5.41) is 4.36. The minimum absolute atomic E-state index is 0.0932. The Morgan fingerprint density at radius 3 is 2.75 bits per heavy atom. The number of nitrogens with zero attached hydrogens (tertiary/aromatic N) is 2. The lowest BCUT2D eigenvalue weighted by Crippen LogP contribution is -2.05.